The van der Waals surface area contributed by atoms with Crippen LogP contribution < -0.4 is 0 Å². The minimum absolute atomic E-state index is 0.788. The second kappa shape index (κ2) is 6.04. The van der Waals surface area contributed by atoms with Crippen molar-refractivity contribution in [2.75, 3.05) is 13.1 Å². The molecule has 1 nitrogen and oxygen atoms in total. The van der Waals surface area contributed by atoms with Crippen molar-refractivity contribution in [2.45, 2.75) is 65.3 Å². The van der Waals surface area contributed by atoms with Crippen LogP contribution in [0.3, 0.4) is 0 Å². The molecule has 3 unspecified atom stereocenters. The van der Waals surface area contributed by atoms with Gasteiger partial charge in [0.25, 0.3) is 0 Å². The lowest BCUT2D eigenvalue weighted by Gasteiger charge is -2.36. The Kier molecular flexibility index (Phi) is 4.67. The maximum atomic E-state index is 2.73. The molecule has 0 spiro atoms. The number of fused-ring (bicyclic) bond motifs is 1. The van der Waals surface area contributed by atoms with Crippen LogP contribution >= 0.6 is 0 Å². The summed E-state index contributed by atoms with van der Waals surface area (Å²) in [4.78, 5) is 2.73. The van der Waals surface area contributed by atoms with E-state index in [0.717, 1.165) is 17.9 Å². The van der Waals surface area contributed by atoms with Crippen LogP contribution in [0.1, 0.15) is 59.3 Å². The van der Waals surface area contributed by atoms with Gasteiger partial charge in [-0.25, -0.2) is 0 Å². The Balaban J connectivity index is 1.91. The van der Waals surface area contributed by atoms with E-state index < -0.39 is 0 Å². The molecule has 0 amide bonds. The van der Waals surface area contributed by atoms with Crippen molar-refractivity contribution in [1.29, 1.82) is 0 Å². The minimum atomic E-state index is 0.788. The van der Waals surface area contributed by atoms with Gasteiger partial charge < -0.3 is 0 Å². The number of hydrogen-bond acceptors (Lipinski definition) is 1. The first-order chi connectivity index (χ1) is 8.20. The lowest BCUT2D eigenvalue weighted by Crippen LogP contribution is -2.40. The van der Waals surface area contributed by atoms with Crippen molar-refractivity contribution in [3.63, 3.8) is 0 Å². The van der Waals surface area contributed by atoms with E-state index in [4.69, 9.17) is 0 Å². The molecule has 0 saturated carbocycles. The number of unbranched alkanes of at least 4 members (excludes halogenated alkanes) is 1. The Labute approximate surface area is 107 Å². The summed E-state index contributed by atoms with van der Waals surface area (Å²) in [6.07, 6.45) is 10.9. The standard InChI is InChI=1S/C16H29N/c1-4-5-7-13(2)10-15-11-14(3)16-8-6-9-17(16)12-15/h10,13-14,16H,4-9,11-12H2,1-3H3/b15-10-. The molecular weight excluding hydrogens is 206 g/mol. The van der Waals surface area contributed by atoms with Crippen LogP contribution in [-0.4, -0.2) is 24.0 Å². The minimum Gasteiger partial charge on any atom is -0.296 e. The zero-order valence-electron chi connectivity index (χ0n) is 11.9. The number of piperidine rings is 1. The molecule has 1 heteroatoms. The average molecular weight is 235 g/mol. The van der Waals surface area contributed by atoms with Gasteiger partial charge in [0.15, 0.2) is 0 Å². The van der Waals surface area contributed by atoms with Gasteiger partial charge in [0.1, 0.15) is 0 Å². The number of hydrogen-bond donors (Lipinski definition) is 0. The molecule has 3 atom stereocenters. The molecule has 0 aromatic rings. The Morgan fingerprint density at radius 3 is 3.06 bits per heavy atom. The van der Waals surface area contributed by atoms with Gasteiger partial charge >= 0.3 is 0 Å². The summed E-state index contributed by atoms with van der Waals surface area (Å²) in [7, 11) is 0. The Morgan fingerprint density at radius 1 is 1.47 bits per heavy atom. The van der Waals surface area contributed by atoms with Gasteiger partial charge in [0.2, 0.25) is 0 Å². The van der Waals surface area contributed by atoms with E-state index in [1.165, 1.54) is 51.6 Å². The molecule has 0 aromatic carbocycles. The molecule has 0 radical (unpaired) electrons. The summed E-state index contributed by atoms with van der Waals surface area (Å²) >= 11 is 0. The van der Waals surface area contributed by atoms with Crippen LogP contribution in [-0.2, 0) is 0 Å². The Hall–Kier alpha value is -0.300. The van der Waals surface area contributed by atoms with E-state index in [9.17, 15) is 0 Å². The smallest absolute Gasteiger partial charge is 0.0196 e. The van der Waals surface area contributed by atoms with E-state index in [1.54, 1.807) is 5.57 Å². The highest BCUT2D eigenvalue weighted by Crippen LogP contribution is 2.34. The van der Waals surface area contributed by atoms with E-state index in [-0.39, 0.29) is 0 Å². The summed E-state index contributed by atoms with van der Waals surface area (Å²) in [5.41, 5.74) is 1.72. The molecule has 0 bridgehead atoms. The molecule has 2 aliphatic heterocycles. The molecular formula is C16H29N. The van der Waals surface area contributed by atoms with Gasteiger partial charge in [-0.2, -0.15) is 0 Å². The predicted octanol–water partition coefficient (Wildman–Crippen LogP) is 4.24. The van der Waals surface area contributed by atoms with E-state index in [0.29, 0.717) is 0 Å². The highest BCUT2D eigenvalue weighted by Gasteiger charge is 2.33. The van der Waals surface area contributed by atoms with E-state index in [1.807, 2.05) is 0 Å². The molecule has 0 aliphatic carbocycles. The van der Waals surface area contributed by atoms with Crippen LogP contribution in [0.4, 0.5) is 0 Å². The SMILES string of the molecule is CCCCC(C)/C=C1/CC(C)C2CCCN2C1. The molecule has 2 saturated heterocycles. The third-order valence-corrected chi connectivity index (χ3v) is 4.59. The van der Waals surface area contributed by atoms with Crippen molar-refractivity contribution < 1.29 is 0 Å². The number of rotatable bonds is 4. The largest absolute Gasteiger partial charge is 0.296 e. The van der Waals surface area contributed by atoms with Crippen molar-refractivity contribution in [2.24, 2.45) is 11.8 Å². The number of nitrogens with zero attached hydrogens (tertiary/aromatic N) is 1. The van der Waals surface area contributed by atoms with Gasteiger partial charge in [0.05, 0.1) is 0 Å². The fourth-order valence-corrected chi connectivity index (χ4v) is 3.70. The van der Waals surface area contributed by atoms with Crippen molar-refractivity contribution in [1.82, 2.24) is 4.90 Å². The predicted molar refractivity (Wildman–Crippen MR) is 75.1 cm³/mol. The maximum absolute atomic E-state index is 2.73. The quantitative estimate of drug-likeness (QED) is 0.659. The molecule has 0 aromatic heterocycles. The third-order valence-electron chi connectivity index (χ3n) is 4.59. The molecule has 2 heterocycles. The summed E-state index contributed by atoms with van der Waals surface area (Å²) in [6.45, 7) is 9.74. The zero-order chi connectivity index (χ0) is 12.3. The molecule has 17 heavy (non-hydrogen) atoms. The van der Waals surface area contributed by atoms with Crippen LogP contribution in [0.2, 0.25) is 0 Å². The molecule has 2 fully saturated rings. The fourth-order valence-electron chi connectivity index (χ4n) is 3.70. The Morgan fingerprint density at radius 2 is 2.29 bits per heavy atom. The van der Waals surface area contributed by atoms with Crippen molar-refractivity contribution in [3.8, 4) is 0 Å². The highest BCUT2D eigenvalue weighted by molar-refractivity contribution is 5.13. The van der Waals surface area contributed by atoms with Crippen LogP contribution in [0.5, 0.6) is 0 Å². The van der Waals surface area contributed by atoms with Gasteiger partial charge in [-0.3, -0.25) is 4.90 Å². The Bertz CT molecular complexity index is 269. The molecule has 0 N–H and O–H groups in total. The lowest BCUT2D eigenvalue weighted by atomic mass is 9.86. The summed E-state index contributed by atoms with van der Waals surface area (Å²) in [6, 6.07) is 0.901. The second-order valence-electron chi connectivity index (χ2n) is 6.31. The summed E-state index contributed by atoms with van der Waals surface area (Å²) < 4.78 is 0. The monoisotopic (exact) mass is 235 g/mol. The van der Waals surface area contributed by atoms with Gasteiger partial charge in [0, 0.05) is 12.6 Å². The third kappa shape index (κ3) is 3.34. The van der Waals surface area contributed by atoms with Gasteiger partial charge in [-0.05, 0) is 44.1 Å². The summed E-state index contributed by atoms with van der Waals surface area (Å²) in [5, 5.41) is 0. The van der Waals surface area contributed by atoms with Crippen LogP contribution in [0.15, 0.2) is 11.6 Å². The lowest BCUT2D eigenvalue weighted by molar-refractivity contribution is 0.178. The number of allylic oxidation sites excluding steroid dienone is 1. The normalized spacial score (nSPS) is 33.9. The zero-order valence-corrected chi connectivity index (χ0v) is 11.9. The van der Waals surface area contributed by atoms with Gasteiger partial charge in [-0.1, -0.05) is 45.3 Å². The first-order valence-corrected chi connectivity index (χ1v) is 7.64. The first-order valence-electron chi connectivity index (χ1n) is 7.64. The maximum Gasteiger partial charge on any atom is 0.0196 e. The molecule has 2 rings (SSSR count). The average Bonchev–Trinajstić information content (AvgIpc) is 2.75. The molecule has 2 aliphatic rings. The van der Waals surface area contributed by atoms with E-state index in [2.05, 4.69) is 31.7 Å². The summed E-state index contributed by atoms with van der Waals surface area (Å²) in [5.74, 6) is 1.67. The van der Waals surface area contributed by atoms with Gasteiger partial charge in [-0.15, -0.1) is 0 Å². The highest BCUT2D eigenvalue weighted by atomic mass is 15.2. The second-order valence-corrected chi connectivity index (χ2v) is 6.31. The molecule has 98 valence electrons. The van der Waals surface area contributed by atoms with Crippen molar-refractivity contribution >= 4 is 0 Å². The first kappa shape index (κ1) is 13.1. The van der Waals surface area contributed by atoms with Crippen molar-refractivity contribution in [3.05, 3.63) is 11.6 Å². The topological polar surface area (TPSA) is 3.24 Å². The van der Waals surface area contributed by atoms with Crippen LogP contribution in [0.25, 0.3) is 0 Å². The van der Waals surface area contributed by atoms with E-state index >= 15 is 0 Å². The fraction of sp³-hybridized carbons (Fsp3) is 0.875. The van der Waals surface area contributed by atoms with Crippen LogP contribution in [0, 0.1) is 11.8 Å².